The fourth-order valence-corrected chi connectivity index (χ4v) is 2.59. The van der Waals surface area contributed by atoms with Crippen molar-refractivity contribution in [1.29, 1.82) is 0 Å². The summed E-state index contributed by atoms with van der Waals surface area (Å²) in [5.41, 5.74) is 1.44. The maximum absolute atomic E-state index is 12.4. The predicted molar refractivity (Wildman–Crippen MR) is 87.9 cm³/mol. The second-order valence-corrected chi connectivity index (χ2v) is 5.43. The van der Waals surface area contributed by atoms with Crippen LogP contribution >= 0.6 is 0 Å². The maximum Gasteiger partial charge on any atom is 0.312 e. The summed E-state index contributed by atoms with van der Waals surface area (Å²) in [6.45, 7) is 5.10. The van der Waals surface area contributed by atoms with Crippen molar-refractivity contribution in [3.8, 4) is 5.75 Å². The molecule has 1 unspecified atom stereocenters. The van der Waals surface area contributed by atoms with Crippen LogP contribution in [0.25, 0.3) is 0 Å². The molecule has 0 bridgehead atoms. The monoisotopic (exact) mass is 332 g/mol. The number of nitrogens with one attached hydrogen (secondary N) is 1. The van der Waals surface area contributed by atoms with Crippen molar-refractivity contribution in [3.05, 3.63) is 51.3 Å². The van der Waals surface area contributed by atoms with Gasteiger partial charge in [0.2, 0.25) is 5.91 Å². The number of ether oxygens (including phenoxy) is 1. The van der Waals surface area contributed by atoms with E-state index in [4.69, 9.17) is 4.74 Å². The fraction of sp³-hybridized carbons (Fsp3) is 0.375. The minimum Gasteiger partial charge on any atom is -0.496 e. The van der Waals surface area contributed by atoms with Crippen molar-refractivity contribution in [3.63, 3.8) is 0 Å². The Hall–Kier alpha value is -2.90. The molecule has 0 radical (unpaired) electrons. The first-order valence-electron chi connectivity index (χ1n) is 7.46. The maximum atomic E-state index is 12.4. The lowest BCUT2D eigenvalue weighted by Crippen LogP contribution is -2.31. The van der Waals surface area contributed by atoms with E-state index in [1.54, 1.807) is 27.9 Å². The number of amides is 1. The highest BCUT2D eigenvalue weighted by Crippen LogP contribution is 2.24. The molecule has 1 amide bonds. The molecule has 1 heterocycles. The summed E-state index contributed by atoms with van der Waals surface area (Å²) in [5, 5.41) is 18.0. The van der Waals surface area contributed by atoms with E-state index >= 15 is 0 Å². The van der Waals surface area contributed by atoms with Crippen molar-refractivity contribution < 1.29 is 14.5 Å². The molecule has 1 aromatic heterocycles. The van der Waals surface area contributed by atoms with Crippen LogP contribution in [-0.2, 0) is 11.3 Å². The number of nitro groups is 1. The predicted octanol–water partition coefficient (Wildman–Crippen LogP) is 2.29. The number of nitrogens with zero attached hydrogens (tertiary/aromatic N) is 3. The van der Waals surface area contributed by atoms with Gasteiger partial charge in [-0.25, -0.2) is 0 Å². The van der Waals surface area contributed by atoms with Gasteiger partial charge in [-0.15, -0.1) is 0 Å². The highest BCUT2D eigenvalue weighted by Gasteiger charge is 2.26. The number of aromatic nitrogens is 2. The Kier molecular flexibility index (Phi) is 5.18. The summed E-state index contributed by atoms with van der Waals surface area (Å²) in [7, 11) is 1.57. The van der Waals surface area contributed by atoms with Crippen molar-refractivity contribution >= 4 is 11.6 Å². The zero-order chi connectivity index (χ0) is 17.9. The van der Waals surface area contributed by atoms with E-state index < -0.39 is 11.0 Å². The number of hydrogen-bond donors (Lipinski definition) is 1. The number of carbonyl (C=O) groups excluding carboxylic acids is 1. The lowest BCUT2D eigenvalue weighted by Gasteiger charge is -2.15. The van der Waals surface area contributed by atoms with Gasteiger partial charge in [0.05, 0.1) is 12.0 Å². The van der Waals surface area contributed by atoms with E-state index in [0.717, 1.165) is 5.56 Å². The Balaban J connectivity index is 2.13. The Morgan fingerprint density at radius 1 is 1.42 bits per heavy atom. The number of rotatable bonds is 6. The lowest BCUT2D eigenvalue weighted by atomic mass is 10.2. The molecule has 0 aliphatic rings. The lowest BCUT2D eigenvalue weighted by molar-refractivity contribution is -0.386. The van der Waals surface area contributed by atoms with Crippen molar-refractivity contribution in [1.82, 2.24) is 15.1 Å². The van der Waals surface area contributed by atoms with E-state index in [1.165, 1.54) is 4.68 Å². The summed E-state index contributed by atoms with van der Waals surface area (Å²) in [4.78, 5) is 23.0. The van der Waals surface area contributed by atoms with Crippen LogP contribution in [0, 0.1) is 24.0 Å². The molecule has 1 atom stereocenters. The van der Waals surface area contributed by atoms with Crippen LogP contribution in [0.4, 0.5) is 5.69 Å². The van der Waals surface area contributed by atoms with Gasteiger partial charge in [0.15, 0.2) is 0 Å². The number of aryl methyl sites for hydroxylation is 1. The molecule has 24 heavy (non-hydrogen) atoms. The van der Waals surface area contributed by atoms with Gasteiger partial charge in [-0.1, -0.05) is 18.2 Å². The third-order valence-corrected chi connectivity index (χ3v) is 3.86. The number of para-hydroxylation sites is 1. The fourth-order valence-electron chi connectivity index (χ4n) is 2.59. The second kappa shape index (κ2) is 7.12. The highest BCUT2D eigenvalue weighted by atomic mass is 16.6. The van der Waals surface area contributed by atoms with Gasteiger partial charge in [-0.3, -0.25) is 19.6 Å². The van der Waals surface area contributed by atoms with Gasteiger partial charge in [0.25, 0.3) is 0 Å². The third kappa shape index (κ3) is 3.37. The Bertz CT molecular complexity index is 769. The van der Waals surface area contributed by atoms with Gasteiger partial charge in [-0.2, -0.15) is 5.10 Å². The zero-order valence-corrected chi connectivity index (χ0v) is 14.1. The molecule has 0 saturated heterocycles. The molecule has 1 N–H and O–H groups in total. The Morgan fingerprint density at radius 2 is 2.08 bits per heavy atom. The normalized spacial score (nSPS) is 11.8. The topological polar surface area (TPSA) is 99.3 Å². The first kappa shape index (κ1) is 17.5. The van der Waals surface area contributed by atoms with E-state index in [-0.39, 0.29) is 11.6 Å². The molecule has 1 aromatic carbocycles. The molecular formula is C16H20N4O4. The minimum atomic E-state index is -0.660. The van der Waals surface area contributed by atoms with Gasteiger partial charge >= 0.3 is 5.69 Å². The van der Waals surface area contributed by atoms with Crippen LogP contribution < -0.4 is 10.1 Å². The molecular weight excluding hydrogens is 312 g/mol. The van der Waals surface area contributed by atoms with E-state index in [0.29, 0.717) is 23.7 Å². The molecule has 2 rings (SSSR count). The van der Waals surface area contributed by atoms with Crippen molar-refractivity contribution in [2.75, 3.05) is 7.11 Å². The second-order valence-electron chi connectivity index (χ2n) is 5.43. The molecule has 8 nitrogen and oxygen atoms in total. The standard InChI is InChI=1S/C16H20N4O4/c1-10-15(20(22)23)11(2)19(18-10)12(3)16(21)17-9-13-7-5-6-8-14(13)24-4/h5-8,12H,9H2,1-4H3,(H,17,21). The number of hydrogen-bond acceptors (Lipinski definition) is 5. The summed E-state index contributed by atoms with van der Waals surface area (Å²) in [5.74, 6) is 0.411. The molecule has 0 spiro atoms. The first-order chi connectivity index (χ1) is 11.4. The van der Waals surface area contributed by atoms with E-state index in [1.807, 2.05) is 24.3 Å². The van der Waals surface area contributed by atoms with Gasteiger partial charge in [0.1, 0.15) is 23.2 Å². The molecule has 0 aliphatic carbocycles. The van der Waals surface area contributed by atoms with Crippen molar-refractivity contribution in [2.24, 2.45) is 0 Å². The molecule has 0 aliphatic heterocycles. The van der Waals surface area contributed by atoms with Crippen LogP contribution in [0.15, 0.2) is 24.3 Å². The zero-order valence-electron chi connectivity index (χ0n) is 14.1. The number of benzene rings is 1. The quantitative estimate of drug-likeness (QED) is 0.646. The molecule has 0 fully saturated rings. The van der Waals surface area contributed by atoms with E-state index in [9.17, 15) is 14.9 Å². The molecule has 2 aromatic rings. The van der Waals surface area contributed by atoms with Crippen LogP contribution in [0.1, 0.15) is 29.9 Å². The molecule has 128 valence electrons. The van der Waals surface area contributed by atoms with E-state index in [2.05, 4.69) is 10.4 Å². The summed E-state index contributed by atoms with van der Waals surface area (Å²) >= 11 is 0. The van der Waals surface area contributed by atoms with Gasteiger partial charge < -0.3 is 10.1 Å². The number of methoxy groups -OCH3 is 1. The van der Waals surface area contributed by atoms with Crippen LogP contribution in [0.5, 0.6) is 5.75 Å². The third-order valence-electron chi connectivity index (χ3n) is 3.86. The smallest absolute Gasteiger partial charge is 0.312 e. The average Bonchev–Trinajstić information content (AvgIpc) is 2.86. The van der Waals surface area contributed by atoms with Gasteiger partial charge in [0, 0.05) is 12.1 Å². The molecule has 8 heteroatoms. The van der Waals surface area contributed by atoms with Gasteiger partial charge in [-0.05, 0) is 26.8 Å². The van der Waals surface area contributed by atoms with Crippen molar-refractivity contribution in [2.45, 2.75) is 33.4 Å². The number of carbonyl (C=O) groups is 1. The Morgan fingerprint density at radius 3 is 2.67 bits per heavy atom. The molecule has 0 saturated carbocycles. The Labute approximate surface area is 139 Å². The SMILES string of the molecule is COc1ccccc1CNC(=O)C(C)n1nc(C)c([N+](=O)[O-])c1C. The highest BCUT2D eigenvalue weighted by molar-refractivity contribution is 5.80. The minimum absolute atomic E-state index is 0.0561. The van der Waals surface area contributed by atoms with Crippen LogP contribution in [0.2, 0.25) is 0 Å². The first-order valence-corrected chi connectivity index (χ1v) is 7.46. The summed E-state index contributed by atoms with van der Waals surface area (Å²) < 4.78 is 6.62. The average molecular weight is 332 g/mol. The summed E-state index contributed by atoms with van der Waals surface area (Å²) in [6, 6.07) is 6.72. The summed E-state index contributed by atoms with van der Waals surface area (Å²) in [6.07, 6.45) is 0. The largest absolute Gasteiger partial charge is 0.496 e. The van der Waals surface area contributed by atoms with Crippen LogP contribution in [-0.4, -0.2) is 27.7 Å². The van der Waals surface area contributed by atoms with Crippen LogP contribution in [0.3, 0.4) is 0 Å².